The molecule has 0 bridgehead atoms. The highest BCUT2D eigenvalue weighted by atomic mass is 16.1. The fourth-order valence-corrected chi connectivity index (χ4v) is 4.36. The first-order valence-corrected chi connectivity index (χ1v) is 9.89. The fraction of sp³-hybridized carbons (Fsp3) is 0.364. The molecule has 1 unspecified atom stereocenters. The van der Waals surface area contributed by atoms with Crippen LogP contribution in [0, 0.1) is 5.92 Å². The summed E-state index contributed by atoms with van der Waals surface area (Å²) in [5, 5.41) is 3.11. The topological polar surface area (TPSA) is 49.6 Å². The van der Waals surface area contributed by atoms with Gasteiger partial charge in [0, 0.05) is 48.7 Å². The van der Waals surface area contributed by atoms with Crippen LogP contribution in [-0.4, -0.2) is 28.4 Å². The molecule has 1 amide bonds. The summed E-state index contributed by atoms with van der Waals surface area (Å²) in [6, 6.07) is 14.3. The van der Waals surface area contributed by atoms with E-state index in [1.165, 1.54) is 24.2 Å². The lowest BCUT2D eigenvalue weighted by Gasteiger charge is -2.22. The Hall–Kier alpha value is -2.82. The molecule has 2 aromatic heterocycles. The molecule has 3 aromatic rings. The predicted molar refractivity (Wildman–Crippen MR) is 107 cm³/mol. The number of hydrogen-bond acceptors (Lipinski definition) is 3. The summed E-state index contributed by atoms with van der Waals surface area (Å²) in [7, 11) is 0. The molecule has 5 nitrogen and oxygen atoms in total. The maximum Gasteiger partial charge on any atom is 0.227 e. The summed E-state index contributed by atoms with van der Waals surface area (Å²) >= 11 is 0. The zero-order chi connectivity index (χ0) is 18.2. The van der Waals surface area contributed by atoms with Gasteiger partial charge in [0.25, 0.3) is 0 Å². The average Bonchev–Trinajstić information content (AvgIpc) is 3.36. The van der Waals surface area contributed by atoms with Gasteiger partial charge in [-0.25, -0.2) is 4.98 Å². The van der Waals surface area contributed by atoms with Gasteiger partial charge in [0.1, 0.15) is 5.65 Å². The van der Waals surface area contributed by atoms with Crippen molar-refractivity contribution in [3.63, 3.8) is 0 Å². The first-order valence-electron chi connectivity index (χ1n) is 9.89. The van der Waals surface area contributed by atoms with E-state index in [1.807, 2.05) is 36.5 Å². The normalized spacial score (nSPS) is 19.3. The Bertz CT molecular complexity index is 970. The van der Waals surface area contributed by atoms with E-state index < -0.39 is 0 Å². The highest BCUT2D eigenvalue weighted by Gasteiger charge is 2.28. The molecule has 5 rings (SSSR count). The molecule has 138 valence electrons. The largest absolute Gasteiger partial charge is 0.372 e. The summed E-state index contributed by atoms with van der Waals surface area (Å²) in [5.74, 6) is 0.108. The number of imidazole rings is 1. The van der Waals surface area contributed by atoms with Gasteiger partial charge in [0.05, 0.1) is 5.69 Å². The van der Waals surface area contributed by atoms with Crippen molar-refractivity contribution in [2.24, 2.45) is 5.92 Å². The molecule has 1 aliphatic heterocycles. The van der Waals surface area contributed by atoms with Crippen LogP contribution in [-0.2, 0) is 17.6 Å². The van der Waals surface area contributed by atoms with E-state index in [9.17, 15) is 4.79 Å². The predicted octanol–water partition coefficient (Wildman–Crippen LogP) is 3.68. The standard InChI is InChI=1S/C22H24N4O/c27-22(23-17-7-9-18(10-8-17)25-12-3-4-13-25)16-6-11-19-20(15-16)26-14-2-1-5-21(26)24-19/h1-2,5,7-10,14,16H,3-4,6,11-13,15H2,(H,23,27). The number of rotatable bonds is 3. The quantitative estimate of drug-likeness (QED) is 0.775. The van der Waals surface area contributed by atoms with E-state index >= 15 is 0 Å². The number of carbonyl (C=O) groups is 1. The van der Waals surface area contributed by atoms with E-state index in [0.717, 1.165) is 49.4 Å². The molecule has 1 atom stereocenters. The van der Waals surface area contributed by atoms with Gasteiger partial charge in [-0.3, -0.25) is 4.79 Å². The Labute approximate surface area is 159 Å². The minimum atomic E-state index is -0.00383. The average molecular weight is 360 g/mol. The van der Waals surface area contributed by atoms with E-state index in [1.54, 1.807) is 0 Å². The van der Waals surface area contributed by atoms with Crippen LogP contribution in [0.1, 0.15) is 30.7 Å². The molecule has 0 saturated carbocycles. The van der Waals surface area contributed by atoms with Crippen molar-refractivity contribution in [3.8, 4) is 0 Å². The number of hydrogen-bond donors (Lipinski definition) is 1. The van der Waals surface area contributed by atoms with Crippen LogP contribution in [0.4, 0.5) is 11.4 Å². The maximum atomic E-state index is 12.8. The number of pyridine rings is 1. The maximum absolute atomic E-state index is 12.8. The molecule has 5 heteroatoms. The zero-order valence-corrected chi connectivity index (χ0v) is 15.4. The smallest absolute Gasteiger partial charge is 0.227 e. The minimum Gasteiger partial charge on any atom is -0.372 e. The Balaban J connectivity index is 1.29. The molecule has 1 aliphatic carbocycles. The van der Waals surface area contributed by atoms with Gasteiger partial charge in [0.15, 0.2) is 0 Å². The molecule has 0 spiro atoms. The van der Waals surface area contributed by atoms with Gasteiger partial charge in [-0.05, 0) is 62.1 Å². The molecule has 2 aliphatic rings. The van der Waals surface area contributed by atoms with Crippen molar-refractivity contribution < 1.29 is 4.79 Å². The Morgan fingerprint density at radius 2 is 1.89 bits per heavy atom. The van der Waals surface area contributed by atoms with Crippen molar-refractivity contribution in [1.82, 2.24) is 9.38 Å². The Morgan fingerprint density at radius 3 is 2.70 bits per heavy atom. The van der Waals surface area contributed by atoms with Gasteiger partial charge < -0.3 is 14.6 Å². The number of anilines is 2. The minimum absolute atomic E-state index is 0.00383. The second-order valence-corrected chi connectivity index (χ2v) is 7.60. The van der Waals surface area contributed by atoms with Crippen molar-refractivity contribution in [3.05, 3.63) is 60.0 Å². The number of aryl methyl sites for hydroxylation is 1. The van der Waals surface area contributed by atoms with E-state index in [2.05, 4.69) is 26.8 Å². The Morgan fingerprint density at radius 1 is 1.07 bits per heavy atom. The fourth-order valence-electron chi connectivity index (χ4n) is 4.36. The summed E-state index contributed by atoms with van der Waals surface area (Å²) in [6.45, 7) is 2.27. The molecule has 1 saturated heterocycles. The summed E-state index contributed by atoms with van der Waals surface area (Å²) < 4.78 is 2.12. The Kier molecular flexibility index (Phi) is 4.07. The van der Waals surface area contributed by atoms with Gasteiger partial charge in [0.2, 0.25) is 5.91 Å². The van der Waals surface area contributed by atoms with E-state index in [0.29, 0.717) is 0 Å². The number of fused-ring (bicyclic) bond motifs is 3. The summed E-state index contributed by atoms with van der Waals surface area (Å²) in [6.07, 6.45) is 7.05. The lowest BCUT2D eigenvalue weighted by Crippen LogP contribution is -2.28. The zero-order valence-electron chi connectivity index (χ0n) is 15.4. The first kappa shape index (κ1) is 16.4. The van der Waals surface area contributed by atoms with Crippen LogP contribution < -0.4 is 10.2 Å². The van der Waals surface area contributed by atoms with Gasteiger partial charge in [-0.2, -0.15) is 0 Å². The highest BCUT2D eigenvalue weighted by Crippen LogP contribution is 2.28. The first-order chi connectivity index (χ1) is 13.3. The van der Waals surface area contributed by atoms with Crippen molar-refractivity contribution in [2.75, 3.05) is 23.3 Å². The second kappa shape index (κ2) is 6.72. The van der Waals surface area contributed by atoms with Crippen LogP contribution in [0.3, 0.4) is 0 Å². The number of amides is 1. The highest BCUT2D eigenvalue weighted by molar-refractivity contribution is 5.93. The van der Waals surface area contributed by atoms with E-state index in [4.69, 9.17) is 4.98 Å². The molecule has 1 N–H and O–H groups in total. The van der Waals surface area contributed by atoms with Gasteiger partial charge >= 0.3 is 0 Å². The van der Waals surface area contributed by atoms with E-state index in [-0.39, 0.29) is 11.8 Å². The van der Waals surface area contributed by atoms with Crippen LogP contribution in [0.2, 0.25) is 0 Å². The number of benzene rings is 1. The number of nitrogens with one attached hydrogen (secondary N) is 1. The lowest BCUT2D eigenvalue weighted by molar-refractivity contribution is -0.120. The second-order valence-electron chi connectivity index (χ2n) is 7.60. The lowest BCUT2D eigenvalue weighted by atomic mass is 9.89. The third-order valence-corrected chi connectivity index (χ3v) is 5.86. The van der Waals surface area contributed by atoms with Crippen molar-refractivity contribution >= 4 is 22.9 Å². The van der Waals surface area contributed by atoms with Crippen molar-refractivity contribution in [2.45, 2.75) is 32.1 Å². The molecular weight excluding hydrogens is 336 g/mol. The van der Waals surface area contributed by atoms with Crippen LogP contribution in [0.5, 0.6) is 0 Å². The van der Waals surface area contributed by atoms with Crippen molar-refractivity contribution in [1.29, 1.82) is 0 Å². The number of aromatic nitrogens is 2. The number of nitrogens with zero attached hydrogens (tertiary/aromatic N) is 3. The molecule has 0 radical (unpaired) electrons. The SMILES string of the molecule is O=C(Nc1ccc(N2CCCC2)cc1)C1CCc2nc3ccccn3c2C1. The molecule has 1 fully saturated rings. The molecular formula is C22H24N4O. The molecule has 1 aromatic carbocycles. The third kappa shape index (κ3) is 3.07. The van der Waals surface area contributed by atoms with Crippen LogP contribution in [0.15, 0.2) is 48.7 Å². The van der Waals surface area contributed by atoms with Crippen LogP contribution >= 0.6 is 0 Å². The third-order valence-electron chi connectivity index (χ3n) is 5.86. The van der Waals surface area contributed by atoms with Gasteiger partial charge in [-0.1, -0.05) is 6.07 Å². The summed E-state index contributed by atoms with van der Waals surface area (Å²) in [5.41, 5.74) is 5.42. The molecule has 3 heterocycles. The summed E-state index contributed by atoms with van der Waals surface area (Å²) in [4.78, 5) is 19.9. The monoisotopic (exact) mass is 360 g/mol. The molecule has 27 heavy (non-hydrogen) atoms. The van der Waals surface area contributed by atoms with Crippen LogP contribution in [0.25, 0.3) is 5.65 Å². The van der Waals surface area contributed by atoms with Gasteiger partial charge in [-0.15, -0.1) is 0 Å². The number of carbonyl (C=O) groups excluding carboxylic acids is 1.